The van der Waals surface area contributed by atoms with Gasteiger partial charge < -0.3 is 5.32 Å². The highest BCUT2D eigenvalue weighted by Crippen LogP contribution is 2.48. The number of carbonyl (C=O) groups is 1. The van der Waals surface area contributed by atoms with Crippen LogP contribution in [-0.4, -0.2) is 24.4 Å². The molecule has 1 aliphatic heterocycles. The Hall–Kier alpha value is -3.89. The normalized spacial score (nSPS) is 12.4. The van der Waals surface area contributed by atoms with E-state index in [2.05, 4.69) is 20.0 Å². The van der Waals surface area contributed by atoms with Gasteiger partial charge in [0.2, 0.25) is 5.95 Å². The number of carbonyl (C=O) groups excluding carboxylic acids is 1. The van der Waals surface area contributed by atoms with Gasteiger partial charge in [-0.05, 0) is 61.5 Å². The van der Waals surface area contributed by atoms with E-state index in [1.165, 1.54) is 18.3 Å². The summed E-state index contributed by atoms with van der Waals surface area (Å²) in [7, 11) is -3.88. The second-order valence-corrected chi connectivity index (χ2v) is 10.2. The van der Waals surface area contributed by atoms with Gasteiger partial charge in [-0.3, -0.25) is 4.90 Å². The van der Waals surface area contributed by atoms with Crippen molar-refractivity contribution in [2.24, 2.45) is 0 Å². The highest BCUT2D eigenvalue weighted by atomic mass is 32.2. The molecule has 2 heterocycles. The molecule has 34 heavy (non-hydrogen) atoms. The number of para-hydroxylation sites is 2. The van der Waals surface area contributed by atoms with Gasteiger partial charge in [-0.25, -0.2) is 27.9 Å². The van der Waals surface area contributed by atoms with E-state index in [1.807, 2.05) is 48.5 Å². The van der Waals surface area contributed by atoms with Crippen molar-refractivity contribution in [2.45, 2.75) is 21.6 Å². The minimum absolute atomic E-state index is 0.00215. The van der Waals surface area contributed by atoms with Gasteiger partial charge in [-0.2, -0.15) is 0 Å². The summed E-state index contributed by atoms with van der Waals surface area (Å²) in [6, 6.07) is 22.6. The molecule has 2 amide bonds. The van der Waals surface area contributed by atoms with Gasteiger partial charge in [0.05, 0.1) is 16.3 Å². The zero-order valence-electron chi connectivity index (χ0n) is 18.0. The van der Waals surface area contributed by atoms with Crippen LogP contribution in [0.25, 0.3) is 0 Å². The third kappa shape index (κ3) is 4.33. The lowest BCUT2D eigenvalue weighted by molar-refractivity contribution is 0.259. The lowest BCUT2D eigenvalue weighted by Crippen LogP contribution is -2.32. The minimum atomic E-state index is -3.88. The van der Waals surface area contributed by atoms with Crippen LogP contribution in [0, 0.1) is 6.92 Å². The molecule has 0 unspecified atom stereocenters. The maximum Gasteiger partial charge on any atom is 0.331 e. The lowest BCUT2D eigenvalue weighted by atomic mass is 10.2. The Bertz CT molecular complexity index is 1450. The largest absolute Gasteiger partial charge is 0.331 e. The topological polar surface area (TPSA) is 104 Å². The molecular weight excluding hydrogens is 470 g/mol. The molecule has 2 N–H and O–H groups in total. The molecule has 3 aromatic carbocycles. The molecular formula is C24H19N5O3S2. The van der Waals surface area contributed by atoms with E-state index in [0.29, 0.717) is 11.4 Å². The Morgan fingerprint density at radius 3 is 2.12 bits per heavy atom. The summed E-state index contributed by atoms with van der Waals surface area (Å²) in [6.45, 7) is 1.74. The predicted molar refractivity (Wildman–Crippen MR) is 132 cm³/mol. The van der Waals surface area contributed by atoms with Crippen LogP contribution < -0.4 is 14.9 Å². The Labute approximate surface area is 201 Å². The van der Waals surface area contributed by atoms with Crippen molar-refractivity contribution in [3.05, 3.63) is 90.8 Å². The molecule has 10 heteroatoms. The van der Waals surface area contributed by atoms with Crippen molar-refractivity contribution in [3.63, 3.8) is 0 Å². The average Bonchev–Trinajstić information content (AvgIpc) is 2.82. The summed E-state index contributed by atoms with van der Waals surface area (Å²) in [5.74, 6) is -0.00215. The van der Waals surface area contributed by atoms with Crippen LogP contribution in [-0.2, 0) is 10.0 Å². The summed E-state index contributed by atoms with van der Waals surface area (Å²) in [5, 5.41) is 2.87. The van der Waals surface area contributed by atoms with E-state index < -0.39 is 10.0 Å². The average molecular weight is 490 g/mol. The second-order valence-electron chi connectivity index (χ2n) is 7.45. The third-order valence-electron chi connectivity index (χ3n) is 5.07. The molecule has 1 aliphatic rings. The van der Waals surface area contributed by atoms with Crippen LogP contribution in [0.1, 0.15) is 5.69 Å². The highest BCUT2D eigenvalue weighted by Gasteiger charge is 2.28. The first-order chi connectivity index (χ1) is 16.4. The molecule has 1 aromatic heterocycles. The molecule has 0 aliphatic carbocycles. The zero-order chi connectivity index (χ0) is 23.7. The molecule has 0 bridgehead atoms. The fourth-order valence-corrected chi connectivity index (χ4v) is 5.51. The fourth-order valence-electron chi connectivity index (χ4n) is 3.50. The monoisotopic (exact) mass is 489 g/mol. The SMILES string of the molecule is Cc1ccnc(NS(=O)(=O)c2ccc(NC(=O)N3c4ccccc4Sc4ccccc43)cc2)n1. The standard InChI is InChI=1S/C24H19N5O3S2/c1-16-14-15-25-23(26-16)28-34(31,32)18-12-10-17(11-13-18)27-24(30)29-19-6-2-4-8-21(19)33-22-9-5-3-7-20(22)29/h2-15H,1H3,(H,27,30)(H,25,26,28). The van der Waals surface area contributed by atoms with Gasteiger partial charge in [0.1, 0.15) is 0 Å². The predicted octanol–water partition coefficient (Wildman–Crippen LogP) is 5.42. The molecule has 0 radical (unpaired) electrons. The van der Waals surface area contributed by atoms with E-state index in [4.69, 9.17) is 0 Å². The van der Waals surface area contributed by atoms with Crippen LogP contribution in [0.2, 0.25) is 0 Å². The number of benzene rings is 3. The smallest absolute Gasteiger partial charge is 0.307 e. The quantitative estimate of drug-likeness (QED) is 0.397. The molecule has 4 aromatic rings. The third-order valence-corrected chi connectivity index (χ3v) is 7.55. The maximum atomic E-state index is 13.3. The lowest BCUT2D eigenvalue weighted by Gasteiger charge is -2.31. The van der Waals surface area contributed by atoms with Crippen molar-refractivity contribution < 1.29 is 13.2 Å². The Kier molecular flexibility index (Phi) is 5.68. The molecule has 5 rings (SSSR count). The molecule has 0 spiro atoms. The zero-order valence-corrected chi connectivity index (χ0v) is 19.6. The number of nitrogens with one attached hydrogen (secondary N) is 2. The second kappa shape index (κ2) is 8.81. The van der Waals surface area contributed by atoms with Crippen LogP contribution in [0.15, 0.2) is 99.7 Å². The first kappa shape index (κ1) is 21.9. The van der Waals surface area contributed by atoms with E-state index >= 15 is 0 Å². The number of anilines is 4. The number of hydrogen-bond acceptors (Lipinski definition) is 6. The fraction of sp³-hybridized carbons (Fsp3) is 0.0417. The molecule has 0 fully saturated rings. The van der Waals surface area contributed by atoms with Gasteiger partial charge >= 0.3 is 6.03 Å². The molecule has 0 atom stereocenters. The Morgan fingerprint density at radius 1 is 0.882 bits per heavy atom. The Balaban J connectivity index is 1.37. The van der Waals surface area contributed by atoms with E-state index in [1.54, 1.807) is 41.8 Å². The van der Waals surface area contributed by atoms with E-state index in [0.717, 1.165) is 21.2 Å². The number of nitrogens with zero attached hydrogens (tertiary/aromatic N) is 3. The highest BCUT2D eigenvalue weighted by molar-refractivity contribution is 7.99. The maximum absolute atomic E-state index is 13.3. The number of hydrogen-bond donors (Lipinski definition) is 2. The molecule has 0 saturated heterocycles. The number of aromatic nitrogens is 2. The summed E-state index contributed by atoms with van der Waals surface area (Å²) in [5.41, 5.74) is 2.67. The van der Waals surface area contributed by atoms with Crippen molar-refractivity contribution >= 4 is 50.8 Å². The number of sulfonamides is 1. The van der Waals surface area contributed by atoms with E-state index in [9.17, 15) is 13.2 Å². The molecule has 8 nitrogen and oxygen atoms in total. The minimum Gasteiger partial charge on any atom is -0.307 e. The Morgan fingerprint density at radius 2 is 1.50 bits per heavy atom. The van der Waals surface area contributed by atoms with Gasteiger partial charge in [-0.15, -0.1) is 0 Å². The molecule has 170 valence electrons. The molecule has 0 saturated carbocycles. The number of fused-ring (bicyclic) bond motifs is 2. The van der Waals surface area contributed by atoms with Crippen molar-refractivity contribution in [1.29, 1.82) is 0 Å². The van der Waals surface area contributed by atoms with Crippen LogP contribution >= 0.6 is 11.8 Å². The van der Waals surface area contributed by atoms with Crippen LogP contribution in [0.3, 0.4) is 0 Å². The number of amides is 2. The van der Waals surface area contributed by atoms with Crippen molar-refractivity contribution in [1.82, 2.24) is 9.97 Å². The van der Waals surface area contributed by atoms with Gasteiger partial charge in [0.15, 0.2) is 0 Å². The summed E-state index contributed by atoms with van der Waals surface area (Å²) >= 11 is 1.61. The summed E-state index contributed by atoms with van der Waals surface area (Å²) < 4.78 is 27.7. The van der Waals surface area contributed by atoms with Gasteiger partial charge in [0, 0.05) is 27.4 Å². The first-order valence-electron chi connectivity index (χ1n) is 10.3. The van der Waals surface area contributed by atoms with Crippen molar-refractivity contribution in [3.8, 4) is 0 Å². The van der Waals surface area contributed by atoms with Gasteiger partial charge in [0.25, 0.3) is 10.0 Å². The van der Waals surface area contributed by atoms with Gasteiger partial charge in [-0.1, -0.05) is 36.0 Å². The summed E-state index contributed by atoms with van der Waals surface area (Å²) in [6.07, 6.45) is 1.48. The van der Waals surface area contributed by atoms with Crippen LogP contribution in [0.4, 0.5) is 27.8 Å². The van der Waals surface area contributed by atoms with Crippen LogP contribution in [0.5, 0.6) is 0 Å². The number of urea groups is 1. The summed E-state index contributed by atoms with van der Waals surface area (Å²) in [4.78, 5) is 24.9. The van der Waals surface area contributed by atoms with Crippen molar-refractivity contribution in [2.75, 3.05) is 14.9 Å². The first-order valence-corrected chi connectivity index (χ1v) is 12.6. The van der Waals surface area contributed by atoms with E-state index in [-0.39, 0.29) is 16.9 Å². The number of rotatable bonds is 4. The number of aryl methyl sites for hydroxylation is 1.